The van der Waals surface area contributed by atoms with Gasteiger partial charge >= 0.3 is 0 Å². The average molecular weight is 293 g/mol. The van der Waals surface area contributed by atoms with Gasteiger partial charge in [0.15, 0.2) is 0 Å². The summed E-state index contributed by atoms with van der Waals surface area (Å²) in [4.78, 5) is 0. The van der Waals surface area contributed by atoms with Crippen molar-refractivity contribution in [1.29, 1.82) is 0 Å². The number of rotatable bonds is 5. The first-order valence-corrected chi connectivity index (χ1v) is 7.33. The summed E-state index contributed by atoms with van der Waals surface area (Å²) < 4.78 is 1.76. The molecule has 2 atom stereocenters. The van der Waals surface area contributed by atoms with Gasteiger partial charge in [0.2, 0.25) is 0 Å². The second-order valence-electron chi connectivity index (χ2n) is 5.17. The van der Waals surface area contributed by atoms with E-state index in [1.54, 1.807) is 4.68 Å². The highest BCUT2D eigenvalue weighted by Gasteiger charge is 2.23. The zero-order chi connectivity index (χ0) is 14.7. The van der Waals surface area contributed by atoms with Crippen LogP contribution >= 0.6 is 11.6 Å². The van der Waals surface area contributed by atoms with Gasteiger partial charge in [0.1, 0.15) is 0 Å². The molecule has 20 heavy (non-hydrogen) atoms. The lowest BCUT2D eigenvalue weighted by molar-refractivity contribution is 0.138. The number of aliphatic hydroxyl groups is 1. The Bertz CT molecular complexity index is 565. The second kappa shape index (κ2) is 6.42. The first-order valence-electron chi connectivity index (χ1n) is 6.95. The third-order valence-corrected chi connectivity index (χ3v) is 4.29. The molecule has 0 saturated heterocycles. The predicted octanol–water partition coefficient (Wildman–Crippen LogP) is 3.48. The van der Waals surface area contributed by atoms with Crippen molar-refractivity contribution >= 4 is 11.6 Å². The zero-order valence-electron chi connectivity index (χ0n) is 12.2. The summed E-state index contributed by atoms with van der Waals surface area (Å²) in [5, 5.41) is 15.5. The van der Waals surface area contributed by atoms with Gasteiger partial charge in [-0.25, -0.2) is 0 Å². The number of aromatic nitrogens is 2. The Morgan fingerprint density at radius 2 is 1.95 bits per heavy atom. The number of aryl methyl sites for hydroxylation is 2. The number of hydrogen-bond donors (Lipinski definition) is 1. The standard InChI is InChI=1S/C16H21ClN2O/c1-4-13(12-8-6-5-7-9-12)15(20)10-14-16(17)11(2)18-19(14)3/h5-9,13,15,20H,4,10H2,1-3H3. The minimum Gasteiger partial charge on any atom is -0.392 e. The highest BCUT2D eigenvalue weighted by molar-refractivity contribution is 6.31. The number of halogens is 1. The fourth-order valence-electron chi connectivity index (χ4n) is 2.67. The molecule has 0 spiro atoms. The topological polar surface area (TPSA) is 38.1 Å². The first kappa shape index (κ1) is 15.1. The van der Waals surface area contributed by atoms with Crippen LogP contribution in [0.15, 0.2) is 30.3 Å². The lowest BCUT2D eigenvalue weighted by atomic mass is 9.88. The smallest absolute Gasteiger partial charge is 0.0847 e. The van der Waals surface area contributed by atoms with E-state index in [1.807, 2.05) is 32.2 Å². The van der Waals surface area contributed by atoms with Crippen LogP contribution in [0.5, 0.6) is 0 Å². The Morgan fingerprint density at radius 1 is 1.30 bits per heavy atom. The highest BCUT2D eigenvalue weighted by Crippen LogP contribution is 2.28. The molecule has 1 N–H and O–H groups in total. The predicted molar refractivity (Wildman–Crippen MR) is 82.1 cm³/mol. The van der Waals surface area contributed by atoms with E-state index in [-0.39, 0.29) is 5.92 Å². The van der Waals surface area contributed by atoms with E-state index < -0.39 is 6.10 Å². The molecule has 0 radical (unpaired) electrons. The summed E-state index contributed by atoms with van der Waals surface area (Å²) in [6.45, 7) is 3.98. The Balaban J connectivity index is 2.20. The van der Waals surface area contributed by atoms with E-state index in [9.17, 15) is 5.11 Å². The van der Waals surface area contributed by atoms with Crippen LogP contribution in [0.4, 0.5) is 0 Å². The van der Waals surface area contributed by atoms with Crippen molar-refractivity contribution < 1.29 is 5.11 Å². The van der Waals surface area contributed by atoms with Crippen LogP contribution in [-0.2, 0) is 13.5 Å². The summed E-state index contributed by atoms with van der Waals surface area (Å²) in [6.07, 6.45) is 0.943. The summed E-state index contributed by atoms with van der Waals surface area (Å²) in [5.41, 5.74) is 2.87. The monoisotopic (exact) mass is 292 g/mol. The van der Waals surface area contributed by atoms with Crippen LogP contribution in [0.2, 0.25) is 5.02 Å². The van der Waals surface area contributed by atoms with Crippen molar-refractivity contribution in [3.8, 4) is 0 Å². The fraction of sp³-hybridized carbons (Fsp3) is 0.438. The van der Waals surface area contributed by atoms with Gasteiger partial charge in [0, 0.05) is 19.4 Å². The molecule has 108 valence electrons. The van der Waals surface area contributed by atoms with Crippen molar-refractivity contribution in [2.24, 2.45) is 7.05 Å². The molecular formula is C16H21ClN2O. The Kier molecular flexibility index (Phi) is 4.84. The zero-order valence-corrected chi connectivity index (χ0v) is 12.9. The van der Waals surface area contributed by atoms with Crippen LogP contribution in [-0.4, -0.2) is 21.0 Å². The maximum Gasteiger partial charge on any atom is 0.0847 e. The SMILES string of the molecule is CCC(c1ccccc1)C(O)Cc1c(Cl)c(C)nn1C. The number of aliphatic hydroxyl groups excluding tert-OH is 1. The second-order valence-corrected chi connectivity index (χ2v) is 5.54. The van der Waals surface area contributed by atoms with Crippen molar-refractivity contribution in [2.75, 3.05) is 0 Å². The summed E-state index contributed by atoms with van der Waals surface area (Å²) in [5.74, 6) is 0.113. The van der Waals surface area contributed by atoms with Gasteiger partial charge in [-0.1, -0.05) is 48.9 Å². The summed E-state index contributed by atoms with van der Waals surface area (Å²) >= 11 is 6.26. The van der Waals surface area contributed by atoms with Gasteiger partial charge in [-0.2, -0.15) is 5.10 Å². The van der Waals surface area contributed by atoms with E-state index in [4.69, 9.17) is 11.6 Å². The molecular weight excluding hydrogens is 272 g/mol. The third kappa shape index (κ3) is 3.05. The molecule has 2 aromatic rings. The van der Waals surface area contributed by atoms with E-state index in [0.717, 1.165) is 23.4 Å². The minimum atomic E-state index is -0.463. The van der Waals surface area contributed by atoms with Crippen molar-refractivity contribution in [3.63, 3.8) is 0 Å². The molecule has 2 rings (SSSR count). The molecule has 1 heterocycles. The van der Waals surface area contributed by atoms with Crippen molar-refractivity contribution in [1.82, 2.24) is 9.78 Å². The van der Waals surface area contributed by atoms with Gasteiger partial charge in [0.25, 0.3) is 0 Å². The van der Waals surface area contributed by atoms with Crippen molar-refractivity contribution in [2.45, 2.75) is 38.7 Å². The number of nitrogens with zero attached hydrogens (tertiary/aromatic N) is 2. The molecule has 0 aliphatic carbocycles. The molecule has 0 fully saturated rings. The van der Waals surface area contributed by atoms with Gasteiger partial charge < -0.3 is 5.11 Å². The molecule has 1 aromatic heterocycles. The molecule has 1 aromatic carbocycles. The fourth-order valence-corrected chi connectivity index (χ4v) is 2.91. The average Bonchev–Trinajstić information content (AvgIpc) is 2.67. The maximum atomic E-state index is 10.6. The van der Waals surface area contributed by atoms with Gasteiger partial charge in [-0.15, -0.1) is 0 Å². The van der Waals surface area contributed by atoms with Crippen LogP contribution in [0.1, 0.15) is 36.2 Å². The largest absolute Gasteiger partial charge is 0.392 e. The lowest BCUT2D eigenvalue weighted by Crippen LogP contribution is -2.22. The molecule has 0 aliphatic heterocycles. The van der Waals surface area contributed by atoms with E-state index >= 15 is 0 Å². The molecule has 0 bridgehead atoms. The third-order valence-electron chi connectivity index (χ3n) is 3.80. The Morgan fingerprint density at radius 3 is 2.45 bits per heavy atom. The van der Waals surface area contributed by atoms with Crippen LogP contribution in [0, 0.1) is 6.92 Å². The summed E-state index contributed by atoms with van der Waals surface area (Å²) in [7, 11) is 1.87. The Labute approximate surface area is 125 Å². The minimum absolute atomic E-state index is 0.113. The quantitative estimate of drug-likeness (QED) is 0.916. The molecule has 0 aliphatic rings. The molecule has 0 amide bonds. The van der Waals surface area contributed by atoms with E-state index in [2.05, 4.69) is 24.2 Å². The number of benzene rings is 1. The van der Waals surface area contributed by atoms with Crippen LogP contribution in [0.3, 0.4) is 0 Å². The van der Waals surface area contributed by atoms with Gasteiger partial charge in [0.05, 0.1) is 22.5 Å². The maximum absolute atomic E-state index is 10.6. The molecule has 4 heteroatoms. The number of hydrogen-bond acceptors (Lipinski definition) is 2. The molecule has 2 unspecified atom stereocenters. The lowest BCUT2D eigenvalue weighted by Gasteiger charge is -2.22. The summed E-state index contributed by atoms with van der Waals surface area (Å²) in [6, 6.07) is 10.1. The van der Waals surface area contributed by atoms with Gasteiger partial charge in [-0.3, -0.25) is 4.68 Å². The molecule has 0 saturated carbocycles. The first-order chi connectivity index (χ1) is 9.54. The van der Waals surface area contributed by atoms with E-state index in [0.29, 0.717) is 11.4 Å². The normalized spacial score (nSPS) is 14.2. The Hall–Kier alpha value is -1.32. The van der Waals surface area contributed by atoms with Crippen LogP contribution < -0.4 is 0 Å². The van der Waals surface area contributed by atoms with E-state index in [1.165, 1.54) is 0 Å². The molecule has 3 nitrogen and oxygen atoms in total. The highest BCUT2D eigenvalue weighted by atomic mass is 35.5. The van der Waals surface area contributed by atoms with Gasteiger partial charge in [-0.05, 0) is 18.9 Å². The van der Waals surface area contributed by atoms with Crippen LogP contribution in [0.25, 0.3) is 0 Å². The van der Waals surface area contributed by atoms with Crippen molar-refractivity contribution in [3.05, 3.63) is 52.3 Å².